The van der Waals surface area contributed by atoms with Gasteiger partial charge in [-0.05, 0) is 44.7 Å². The zero-order valence-corrected chi connectivity index (χ0v) is 13.6. The van der Waals surface area contributed by atoms with Gasteiger partial charge in [-0.1, -0.05) is 0 Å². The lowest BCUT2D eigenvalue weighted by molar-refractivity contribution is 0.329. The van der Waals surface area contributed by atoms with Gasteiger partial charge in [0.1, 0.15) is 0 Å². The van der Waals surface area contributed by atoms with Gasteiger partial charge in [-0.3, -0.25) is 4.79 Å². The second kappa shape index (κ2) is 5.44. The number of aromatic nitrogens is 4. The summed E-state index contributed by atoms with van der Waals surface area (Å²) in [6.07, 6.45) is 3.12. The van der Waals surface area contributed by atoms with E-state index in [1.165, 1.54) is 0 Å². The van der Waals surface area contributed by atoms with Crippen molar-refractivity contribution in [1.82, 2.24) is 19.7 Å². The minimum atomic E-state index is 0.0340. The van der Waals surface area contributed by atoms with Crippen LogP contribution in [0.25, 0.3) is 0 Å². The van der Waals surface area contributed by atoms with Crippen LogP contribution >= 0.6 is 0 Å². The molecule has 6 nitrogen and oxygen atoms in total. The van der Waals surface area contributed by atoms with Crippen LogP contribution in [0.2, 0.25) is 0 Å². The fraction of sp³-hybridized carbons (Fsp3) is 0.529. The molecule has 2 aromatic rings. The number of hydrogen-bond acceptors (Lipinski definition) is 5. The maximum Gasteiger partial charge on any atom is 0.267 e. The Morgan fingerprint density at radius 2 is 1.87 bits per heavy atom. The molecular weight excluding hydrogens is 290 g/mol. The summed E-state index contributed by atoms with van der Waals surface area (Å²) in [4.78, 5) is 23.3. The predicted molar refractivity (Wildman–Crippen MR) is 87.7 cm³/mol. The summed E-state index contributed by atoms with van der Waals surface area (Å²) in [6.45, 7) is 6.43. The molecule has 0 atom stereocenters. The van der Waals surface area contributed by atoms with E-state index in [1.807, 2.05) is 19.9 Å². The molecule has 0 N–H and O–H groups in total. The van der Waals surface area contributed by atoms with E-state index in [0.717, 1.165) is 60.9 Å². The molecule has 4 rings (SSSR count). The van der Waals surface area contributed by atoms with E-state index in [-0.39, 0.29) is 5.56 Å². The van der Waals surface area contributed by atoms with Gasteiger partial charge in [0.2, 0.25) is 5.95 Å². The summed E-state index contributed by atoms with van der Waals surface area (Å²) in [5.41, 5.74) is 4.27. The highest BCUT2D eigenvalue weighted by molar-refractivity contribution is 5.35. The van der Waals surface area contributed by atoms with Gasteiger partial charge in [0.05, 0.1) is 12.2 Å². The molecule has 6 heteroatoms. The molecule has 1 aliphatic carbocycles. The Kier molecular flexibility index (Phi) is 3.39. The summed E-state index contributed by atoms with van der Waals surface area (Å²) in [6, 6.07) is 3.76. The number of anilines is 1. The Hall–Kier alpha value is -2.24. The molecule has 0 bridgehead atoms. The molecule has 0 amide bonds. The van der Waals surface area contributed by atoms with Crippen LogP contribution < -0.4 is 10.5 Å². The van der Waals surface area contributed by atoms with Crippen molar-refractivity contribution in [2.45, 2.75) is 39.7 Å². The van der Waals surface area contributed by atoms with Gasteiger partial charge in [0.15, 0.2) is 0 Å². The van der Waals surface area contributed by atoms with Gasteiger partial charge >= 0.3 is 0 Å². The molecule has 0 spiro atoms. The zero-order valence-electron chi connectivity index (χ0n) is 13.6. The molecule has 1 aliphatic heterocycles. The number of rotatable bonds is 3. The Labute approximate surface area is 135 Å². The average molecular weight is 311 g/mol. The molecule has 0 unspecified atom stereocenters. The minimum Gasteiger partial charge on any atom is -0.340 e. The van der Waals surface area contributed by atoms with Crippen molar-refractivity contribution >= 4 is 5.95 Å². The third-order valence-electron chi connectivity index (χ3n) is 4.67. The van der Waals surface area contributed by atoms with Gasteiger partial charge in [-0.25, -0.2) is 14.6 Å². The van der Waals surface area contributed by atoms with Crippen LogP contribution in [-0.4, -0.2) is 32.8 Å². The summed E-state index contributed by atoms with van der Waals surface area (Å²) in [5.74, 6) is 1.23. The van der Waals surface area contributed by atoms with E-state index in [1.54, 1.807) is 10.7 Å². The first-order valence-electron chi connectivity index (χ1n) is 8.25. The smallest absolute Gasteiger partial charge is 0.267 e. The Bertz CT molecular complexity index is 787. The van der Waals surface area contributed by atoms with Gasteiger partial charge in [0.25, 0.3) is 5.56 Å². The molecule has 23 heavy (non-hydrogen) atoms. The Morgan fingerprint density at radius 1 is 1.13 bits per heavy atom. The maximum absolute atomic E-state index is 12.2. The molecule has 1 fully saturated rings. The SMILES string of the molecule is Cc1cc(C)nc(N2CC(Cn3nc4c(cc3=O)CCC4)C2)n1. The van der Waals surface area contributed by atoms with E-state index in [2.05, 4.69) is 20.0 Å². The minimum absolute atomic E-state index is 0.0340. The van der Waals surface area contributed by atoms with Crippen LogP contribution in [0.4, 0.5) is 5.95 Å². The van der Waals surface area contributed by atoms with Gasteiger partial charge < -0.3 is 4.90 Å². The lowest BCUT2D eigenvalue weighted by atomic mass is 10.0. The molecule has 0 aromatic carbocycles. The summed E-state index contributed by atoms with van der Waals surface area (Å²) in [5, 5.41) is 4.56. The van der Waals surface area contributed by atoms with Crippen LogP contribution in [-0.2, 0) is 19.4 Å². The second-order valence-electron chi connectivity index (χ2n) is 6.71. The molecule has 1 saturated heterocycles. The Morgan fingerprint density at radius 3 is 2.61 bits per heavy atom. The van der Waals surface area contributed by atoms with E-state index >= 15 is 0 Å². The second-order valence-corrected chi connectivity index (χ2v) is 6.71. The molecule has 120 valence electrons. The number of fused-ring (bicyclic) bond motifs is 1. The molecular formula is C17H21N5O. The normalized spacial score (nSPS) is 17.2. The first-order chi connectivity index (χ1) is 11.1. The van der Waals surface area contributed by atoms with Crippen LogP contribution in [0.15, 0.2) is 16.9 Å². The summed E-state index contributed by atoms with van der Waals surface area (Å²) < 4.78 is 1.65. The topological polar surface area (TPSA) is 63.9 Å². The highest BCUT2D eigenvalue weighted by Gasteiger charge is 2.30. The van der Waals surface area contributed by atoms with E-state index in [0.29, 0.717) is 12.5 Å². The van der Waals surface area contributed by atoms with Crippen LogP contribution in [0.1, 0.15) is 29.1 Å². The molecule has 2 aliphatic rings. The van der Waals surface area contributed by atoms with Crippen molar-refractivity contribution in [2.75, 3.05) is 18.0 Å². The third kappa shape index (κ3) is 2.73. The van der Waals surface area contributed by atoms with Gasteiger partial charge in [0, 0.05) is 36.5 Å². The monoisotopic (exact) mass is 311 g/mol. The molecule has 2 aromatic heterocycles. The van der Waals surface area contributed by atoms with Crippen molar-refractivity contribution in [3.05, 3.63) is 45.1 Å². The number of aryl methyl sites for hydroxylation is 4. The maximum atomic E-state index is 12.2. The van der Waals surface area contributed by atoms with E-state index in [4.69, 9.17) is 0 Å². The van der Waals surface area contributed by atoms with Crippen molar-refractivity contribution in [3.63, 3.8) is 0 Å². The highest BCUT2D eigenvalue weighted by atomic mass is 16.1. The fourth-order valence-electron chi connectivity index (χ4n) is 3.51. The van der Waals surface area contributed by atoms with Crippen molar-refractivity contribution in [1.29, 1.82) is 0 Å². The molecule has 0 saturated carbocycles. The van der Waals surface area contributed by atoms with Gasteiger partial charge in [-0.2, -0.15) is 5.10 Å². The molecule has 0 radical (unpaired) electrons. The first kappa shape index (κ1) is 14.4. The standard InChI is InChI=1S/C17H21N5O/c1-11-6-12(2)19-17(18-11)21-8-13(9-21)10-22-16(23)7-14-4-3-5-15(14)20-22/h6-7,13H,3-5,8-10H2,1-2H3. The average Bonchev–Trinajstić information content (AvgIpc) is 2.88. The van der Waals surface area contributed by atoms with Gasteiger partial charge in [-0.15, -0.1) is 0 Å². The lowest BCUT2D eigenvalue weighted by Crippen LogP contribution is -2.50. The quantitative estimate of drug-likeness (QED) is 0.854. The van der Waals surface area contributed by atoms with Crippen molar-refractivity contribution in [3.8, 4) is 0 Å². The Balaban J connectivity index is 1.44. The number of nitrogens with zero attached hydrogens (tertiary/aromatic N) is 5. The zero-order chi connectivity index (χ0) is 16.0. The summed E-state index contributed by atoms with van der Waals surface area (Å²) >= 11 is 0. The van der Waals surface area contributed by atoms with Crippen LogP contribution in [0.5, 0.6) is 0 Å². The molecule has 3 heterocycles. The van der Waals surface area contributed by atoms with Crippen molar-refractivity contribution < 1.29 is 0 Å². The fourth-order valence-corrected chi connectivity index (χ4v) is 3.51. The summed E-state index contributed by atoms with van der Waals surface area (Å²) in [7, 11) is 0. The largest absolute Gasteiger partial charge is 0.340 e. The first-order valence-corrected chi connectivity index (χ1v) is 8.25. The third-order valence-corrected chi connectivity index (χ3v) is 4.67. The lowest BCUT2D eigenvalue weighted by Gasteiger charge is -2.39. The predicted octanol–water partition coefficient (Wildman–Crippen LogP) is 1.28. The highest BCUT2D eigenvalue weighted by Crippen LogP contribution is 2.23. The van der Waals surface area contributed by atoms with E-state index < -0.39 is 0 Å². The van der Waals surface area contributed by atoms with E-state index in [9.17, 15) is 4.79 Å². The van der Waals surface area contributed by atoms with Crippen LogP contribution in [0.3, 0.4) is 0 Å². The van der Waals surface area contributed by atoms with Crippen molar-refractivity contribution in [2.24, 2.45) is 5.92 Å². The van der Waals surface area contributed by atoms with Crippen LogP contribution in [0, 0.1) is 19.8 Å². The number of hydrogen-bond donors (Lipinski definition) is 0.